The van der Waals surface area contributed by atoms with Gasteiger partial charge in [-0.1, -0.05) is 6.92 Å². The molecule has 6 nitrogen and oxygen atoms in total. The minimum atomic E-state index is -1.09. The normalized spacial score (nSPS) is 11.8. The Morgan fingerprint density at radius 2 is 1.76 bits per heavy atom. The van der Waals surface area contributed by atoms with Crippen molar-refractivity contribution >= 4 is 17.7 Å². The van der Waals surface area contributed by atoms with Gasteiger partial charge in [0.1, 0.15) is 12.3 Å². The molecule has 0 aliphatic carbocycles. The number of phenols is 1. The third-order valence-corrected chi connectivity index (χ3v) is 3.39. The minimum Gasteiger partial charge on any atom is -0.508 e. The third-order valence-electron chi connectivity index (χ3n) is 3.39. The van der Waals surface area contributed by atoms with E-state index in [0.29, 0.717) is 12.2 Å². The molecule has 0 aliphatic rings. The summed E-state index contributed by atoms with van der Waals surface area (Å²) >= 11 is 0. The summed E-state index contributed by atoms with van der Waals surface area (Å²) in [6.07, 6.45) is 0.788. The second-order valence-electron chi connectivity index (χ2n) is 4.82. The van der Waals surface area contributed by atoms with Crippen molar-refractivity contribution < 1.29 is 19.8 Å². The summed E-state index contributed by atoms with van der Waals surface area (Å²) in [5.41, 5.74) is 0.446. The van der Waals surface area contributed by atoms with E-state index in [2.05, 4.69) is 0 Å². The molecule has 116 valence electrons. The van der Waals surface area contributed by atoms with E-state index in [1.165, 1.54) is 29.2 Å². The van der Waals surface area contributed by atoms with Gasteiger partial charge in [0.2, 0.25) is 0 Å². The lowest BCUT2D eigenvalue weighted by Gasteiger charge is -2.33. The molecule has 0 fully saturated rings. The van der Waals surface area contributed by atoms with Gasteiger partial charge in [-0.3, -0.25) is 9.69 Å². The zero-order valence-corrected chi connectivity index (χ0v) is 12.6. The van der Waals surface area contributed by atoms with Gasteiger partial charge in [0, 0.05) is 18.3 Å². The van der Waals surface area contributed by atoms with Crippen LogP contribution in [0.3, 0.4) is 0 Å². The Hall–Kier alpha value is -2.24. The predicted molar refractivity (Wildman–Crippen MR) is 80.6 cm³/mol. The van der Waals surface area contributed by atoms with Crippen molar-refractivity contribution in [2.45, 2.75) is 33.2 Å². The van der Waals surface area contributed by atoms with Crippen LogP contribution in [0.1, 0.15) is 27.2 Å². The molecule has 1 aromatic carbocycles. The van der Waals surface area contributed by atoms with Gasteiger partial charge in [0.15, 0.2) is 0 Å². The van der Waals surface area contributed by atoms with Crippen molar-refractivity contribution in [3.63, 3.8) is 0 Å². The van der Waals surface area contributed by atoms with Crippen LogP contribution in [0.15, 0.2) is 24.3 Å². The maximum absolute atomic E-state index is 12.6. The molecular formula is C15H22N2O4. The Balaban J connectivity index is 3.09. The highest BCUT2D eigenvalue weighted by Crippen LogP contribution is 2.20. The molecule has 0 aliphatic heterocycles. The Labute approximate surface area is 124 Å². The molecule has 0 radical (unpaired) electrons. The molecule has 0 bridgehead atoms. The summed E-state index contributed by atoms with van der Waals surface area (Å²) < 4.78 is 0. The van der Waals surface area contributed by atoms with Crippen LogP contribution in [0.5, 0.6) is 5.75 Å². The van der Waals surface area contributed by atoms with E-state index in [1.807, 2.05) is 20.8 Å². The van der Waals surface area contributed by atoms with Crippen molar-refractivity contribution in [2.24, 2.45) is 0 Å². The van der Waals surface area contributed by atoms with Crippen molar-refractivity contribution in [3.8, 4) is 5.75 Å². The van der Waals surface area contributed by atoms with Crippen LogP contribution in [0.25, 0.3) is 0 Å². The summed E-state index contributed by atoms with van der Waals surface area (Å²) in [6.45, 7) is 5.85. The lowest BCUT2D eigenvalue weighted by Crippen LogP contribution is -2.48. The van der Waals surface area contributed by atoms with Gasteiger partial charge in [-0.05, 0) is 44.5 Å². The number of anilines is 1. The number of rotatable bonds is 6. The summed E-state index contributed by atoms with van der Waals surface area (Å²) in [4.78, 5) is 26.5. The number of carboxylic acids is 1. The molecule has 1 aromatic rings. The number of aromatic hydroxyl groups is 1. The number of urea groups is 1. The lowest BCUT2D eigenvalue weighted by molar-refractivity contribution is -0.135. The van der Waals surface area contributed by atoms with Crippen molar-refractivity contribution in [2.75, 3.05) is 18.0 Å². The fourth-order valence-electron chi connectivity index (χ4n) is 2.05. The molecule has 1 unspecified atom stereocenters. The average Bonchev–Trinajstić information content (AvgIpc) is 2.46. The number of phenolic OH excluding ortho intramolecular Hbond substituents is 1. The van der Waals surface area contributed by atoms with Gasteiger partial charge in [-0.25, -0.2) is 4.79 Å². The van der Waals surface area contributed by atoms with Crippen LogP contribution < -0.4 is 4.90 Å². The molecule has 0 spiro atoms. The van der Waals surface area contributed by atoms with Gasteiger partial charge in [-0.15, -0.1) is 0 Å². The quantitative estimate of drug-likeness (QED) is 0.844. The van der Waals surface area contributed by atoms with Crippen LogP contribution in [0, 0.1) is 0 Å². The van der Waals surface area contributed by atoms with Crippen molar-refractivity contribution in [3.05, 3.63) is 24.3 Å². The number of aliphatic carboxylic acids is 1. The minimum absolute atomic E-state index is 0.0240. The van der Waals surface area contributed by atoms with E-state index in [-0.39, 0.29) is 17.8 Å². The number of hydrogen-bond donors (Lipinski definition) is 2. The molecule has 0 saturated heterocycles. The van der Waals surface area contributed by atoms with Crippen molar-refractivity contribution in [1.29, 1.82) is 0 Å². The number of carbonyl (C=O) groups is 2. The van der Waals surface area contributed by atoms with Gasteiger partial charge in [-0.2, -0.15) is 0 Å². The Morgan fingerprint density at radius 3 is 2.19 bits per heavy atom. The molecule has 0 heterocycles. The van der Waals surface area contributed by atoms with E-state index in [9.17, 15) is 14.7 Å². The van der Waals surface area contributed by atoms with E-state index in [0.717, 1.165) is 6.42 Å². The van der Waals surface area contributed by atoms with Crippen LogP contribution in [-0.4, -0.2) is 46.2 Å². The highest BCUT2D eigenvalue weighted by Gasteiger charge is 2.26. The zero-order valence-electron chi connectivity index (χ0n) is 12.6. The lowest BCUT2D eigenvalue weighted by atomic mass is 10.2. The number of benzene rings is 1. The first-order chi connectivity index (χ1) is 9.90. The highest BCUT2D eigenvalue weighted by molar-refractivity contribution is 5.96. The van der Waals surface area contributed by atoms with Gasteiger partial charge >= 0.3 is 12.0 Å². The summed E-state index contributed by atoms with van der Waals surface area (Å²) in [5.74, 6) is -1.02. The first-order valence-corrected chi connectivity index (χ1v) is 6.99. The van der Waals surface area contributed by atoms with E-state index < -0.39 is 12.5 Å². The summed E-state index contributed by atoms with van der Waals surface area (Å²) in [6, 6.07) is 5.59. The van der Waals surface area contributed by atoms with E-state index in [4.69, 9.17) is 5.11 Å². The Bertz CT molecular complexity index is 487. The highest BCUT2D eigenvalue weighted by atomic mass is 16.4. The monoisotopic (exact) mass is 294 g/mol. The standard InChI is InChI=1S/C15H22N2O4/c1-4-11(3)16(5-2)15(21)17(10-14(19)20)12-6-8-13(18)9-7-12/h6-9,11,18H,4-5,10H2,1-3H3,(H,19,20). The van der Waals surface area contributed by atoms with E-state index in [1.54, 1.807) is 4.90 Å². The SMILES string of the molecule is CCC(C)N(CC)C(=O)N(CC(=O)O)c1ccc(O)cc1. The van der Waals surface area contributed by atoms with Crippen LogP contribution in [0.4, 0.5) is 10.5 Å². The topological polar surface area (TPSA) is 81.1 Å². The fraction of sp³-hybridized carbons (Fsp3) is 0.467. The number of carbonyl (C=O) groups excluding carboxylic acids is 1. The zero-order chi connectivity index (χ0) is 16.0. The van der Waals surface area contributed by atoms with Crippen LogP contribution >= 0.6 is 0 Å². The van der Waals surface area contributed by atoms with Gasteiger partial charge in [0.05, 0.1) is 0 Å². The number of amides is 2. The number of nitrogens with zero attached hydrogens (tertiary/aromatic N) is 2. The predicted octanol–water partition coefficient (Wildman–Crippen LogP) is 2.52. The van der Waals surface area contributed by atoms with Crippen LogP contribution in [0.2, 0.25) is 0 Å². The molecule has 0 saturated carbocycles. The van der Waals surface area contributed by atoms with E-state index >= 15 is 0 Å². The van der Waals surface area contributed by atoms with Crippen molar-refractivity contribution in [1.82, 2.24) is 4.90 Å². The van der Waals surface area contributed by atoms with Gasteiger partial charge < -0.3 is 15.1 Å². The fourth-order valence-corrected chi connectivity index (χ4v) is 2.05. The molecule has 2 N–H and O–H groups in total. The third kappa shape index (κ3) is 4.37. The number of carboxylic acid groups (broad SMARTS) is 1. The Kier molecular flexibility index (Phi) is 6.02. The molecule has 0 aromatic heterocycles. The maximum atomic E-state index is 12.6. The Morgan fingerprint density at radius 1 is 1.19 bits per heavy atom. The molecule has 6 heteroatoms. The molecular weight excluding hydrogens is 272 g/mol. The molecule has 21 heavy (non-hydrogen) atoms. The first kappa shape index (κ1) is 16.8. The summed E-state index contributed by atoms with van der Waals surface area (Å²) in [7, 11) is 0. The molecule has 1 rings (SSSR count). The van der Waals surface area contributed by atoms with Crippen LogP contribution in [-0.2, 0) is 4.79 Å². The maximum Gasteiger partial charge on any atom is 0.325 e. The molecule has 1 atom stereocenters. The largest absolute Gasteiger partial charge is 0.508 e. The first-order valence-electron chi connectivity index (χ1n) is 6.99. The number of hydrogen-bond acceptors (Lipinski definition) is 3. The summed E-state index contributed by atoms with van der Waals surface area (Å²) in [5, 5.41) is 18.3. The average molecular weight is 294 g/mol. The molecule has 2 amide bonds. The smallest absolute Gasteiger partial charge is 0.325 e. The second kappa shape index (κ2) is 7.52. The van der Waals surface area contributed by atoms with Gasteiger partial charge in [0.25, 0.3) is 0 Å². The second-order valence-corrected chi connectivity index (χ2v) is 4.82.